The van der Waals surface area contributed by atoms with Gasteiger partial charge in [0.25, 0.3) is 5.89 Å². The highest BCUT2D eigenvalue weighted by Crippen LogP contribution is 2.26. The minimum Gasteiger partial charge on any atom is -0.415 e. The molecule has 0 bridgehead atoms. The van der Waals surface area contributed by atoms with E-state index in [0.717, 1.165) is 0 Å². The van der Waals surface area contributed by atoms with Crippen molar-refractivity contribution in [3.05, 3.63) is 60.2 Å². The number of halogens is 2. The molecule has 0 saturated carbocycles. The fourth-order valence-electron chi connectivity index (χ4n) is 3.21. The topological polar surface area (TPSA) is 133 Å². The quantitative estimate of drug-likeness (QED) is 0.529. The van der Waals surface area contributed by atoms with E-state index in [1.807, 2.05) is 0 Å². The lowest BCUT2D eigenvalue weighted by Gasteiger charge is -2.33. The van der Waals surface area contributed by atoms with E-state index in [9.17, 15) is 21.4 Å². The van der Waals surface area contributed by atoms with Gasteiger partial charge in [-0.3, -0.25) is 14.1 Å². The maximum Gasteiger partial charge on any atom is 0.314 e. The van der Waals surface area contributed by atoms with Crippen LogP contribution >= 0.6 is 0 Å². The van der Waals surface area contributed by atoms with Crippen molar-refractivity contribution in [3.8, 4) is 11.5 Å². The molecule has 0 atom stereocenters. The molecule has 176 valence electrons. The molecule has 1 N–H and O–H groups in total. The van der Waals surface area contributed by atoms with Crippen molar-refractivity contribution in [1.29, 1.82) is 4.78 Å². The molecule has 0 spiro atoms. The maximum atomic E-state index is 13.4. The van der Waals surface area contributed by atoms with Gasteiger partial charge < -0.3 is 4.42 Å². The summed E-state index contributed by atoms with van der Waals surface area (Å²) in [4.78, 5) is 4.24. The van der Waals surface area contributed by atoms with Gasteiger partial charge in [-0.2, -0.15) is 21.5 Å². The Bertz CT molecular complexity index is 1300. The van der Waals surface area contributed by atoms with Crippen molar-refractivity contribution in [2.75, 3.05) is 28.9 Å². The Hall–Kier alpha value is -2.97. The number of pyridine rings is 1. The van der Waals surface area contributed by atoms with Crippen molar-refractivity contribution in [2.24, 2.45) is 0 Å². The first kappa shape index (κ1) is 23.2. The summed E-state index contributed by atoms with van der Waals surface area (Å²) in [7, 11) is -6.76. The molecular formula is C19H20F2N6O4S2. The second-order valence-corrected chi connectivity index (χ2v) is 11.5. The Balaban J connectivity index is 1.60. The summed E-state index contributed by atoms with van der Waals surface area (Å²) in [6, 6.07) is 11.5. The number of nitrogens with zero attached hydrogens (tertiary/aromatic N) is 5. The van der Waals surface area contributed by atoms with Gasteiger partial charge >= 0.3 is 16.6 Å². The summed E-state index contributed by atoms with van der Waals surface area (Å²) in [5.41, 5.74) is 1.12. The predicted octanol–water partition coefficient (Wildman–Crippen LogP) is 2.68. The standard InChI is InChI=1S/C19H20F2N6O4S2/c20-17(21)19-25-24-18(31-19)14-6-7-15(23-12-14)13-27(16-4-2-1-3-5-16)33(29,30)26-8-10-32(22,28)11-9-26/h1-7,12,17,22H,8-11,13H2. The summed E-state index contributed by atoms with van der Waals surface area (Å²) in [5.74, 6) is -0.961. The average molecular weight is 499 g/mol. The van der Waals surface area contributed by atoms with Crippen LogP contribution in [0.3, 0.4) is 0 Å². The van der Waals surface area contributed by atoms with Crippen LogP contribution < -0.4 is 4.31 Å². The van der Waals surface area contributed by atoms with E-state index in [1.54, 1.807) is 36.4 Å². The Morgan fingerprint density at radius 3 is 2.39 bits per heavy atom. The lowest BCUT2D eigenvalue weighted by atomic mass is 10.2. The van der Waals surface area contributed by atoms with Crippen LogP contribution in [0, 0.1) is 4.78 Å². The zero-order valence-corrected chi connectivity index (χ0v) is 18.8. The highest BCUT2D eigenvalue weighted by molar-refractivity contribution is 7.93. The van der Waals surface area contributed by atoms with Crippen LogP contribution in [0.4, 0.5) is 14.5 Å². The van der Waals surface area contributed by atoms with Gasteiger partial charge in [0, 0.05) is 40.5 Å². The molecular weight excluding hydrogens is 478 g/mol. The van der Waals surface area contributed by atoms with Gasteiger partial charge in [-0.25, -0.2) is 4.21 Å². The van der Waals surface area contributed by atoms with Crippen LogP contribution in [0.1, 0.15) is 18.0 Å². The van der Waals surface area contributed by atoms with E-state index in [4.69, 9.17) is 9.20 Å². The SMILES string of the molecule is N=S1(=O)CCN(S(=O)(=O)N(Cc2ccc(-c3nnc(C(F)F)o3)cn2)c2ccccc2)CC1. The average Bonchev–Trinajstić information content (AvgIpc) is 3.29. The molecule has 1 saturated heterocycles. The summed E-state index contributed by atoms with van der Waals surface area (Å²) in [6.07, 6.45) is -1.55. The molecule has 0 aliphatic carbocycles. The fourth-order valence-corrected chi connectivity index (χ4v) is 6.29. The first-order valence-corrected chi connectivity index (χ1v) is 13.1. The zero-order chi connectivity index (χ0) is 23.6. The number of rotatable bonds is 7. The van der Waals surface area contributed by atoms with E-state index >= 15 is 0 Å². The minimum absolute atomic E-state index is 0.00992. The van der Waals surface area contributed by atoms with Crippen molar-refractivity contribution in [1.82, 2.24) is 19.5 Å². The molecule has 0 amide bonds. The van der Waals surface area contributed by atoms with E-state index in [0.29, 0.717) is 16.9 Å². The second-order valence-electron chi connectivity index (χ2n) is 7.25. The lowest BCUT2D eigenvalue weighted by Crippen LogP contribution is -2.50. The fraction of sp³-hybridized carbons (Fsp3) is 0.316. The molecule has 14 heteroatoms. The zero-order valence-electron chi connectivity index (χ0n) is 17.2. The summed E-state index contributed by atoms with van der Waals surface area (Å²) < 4.78 is 79.2. The molecule has 10 nitrogen and oxygen atoms in total. The smallest absolute Gasteiger partial charge is 0.314 e. The Morgan fingerprint density at radius 2 is 1.82 bits per heavy atom. The van der Waals surface area contributed by atoms with Crippen molar-refractivity contribution in [2.45, 2.75) is 13.0 Å². The van der Waals surface area contributed by atoms with Gasteiger partial charge in [0.15, 0.2) is 0 Å². The molecule has 3 aromatic rings. The number of alkyl halides is 2. The van der Waals surface area contributed by atoms with Crippen LogP contribution in [0.2, 0.25) is 0 Å². The number of hydrogen-bond donors (Lipinski definition) is 1. The van der Waals surface area contributed by atoms with Gasteiger partial charge in [0.2, 0.25) is 5.89 Å². The summed E-state index contributed by atoms with van der Waals surface area (Å²) in [6.45, 7) is -0.126. The van der Waals surface area contributed by atoms with E-state index < -0.39 is 32.3 Å². The second kappa shape index (κ2) is 9.11. The Labute approximate surface area is 189 Å². The first-order chi connectivity index (χ1) is 15.7. The predicted molar refractivity (Wildman–Crippen MR) is 116 cm³/mol. The number of hydrogen-bond acceptors (Lipinski definition) is 8. The third kappa shape index (κ3) is 5.17. The van der Waals surface area contributed by atoms with Gasteiger partial charge in [0.1, 0.15) is 0 Å². The molecule has 33 heavy (non-hydrogen) atoms. The molecule has 0 unspecified atom stereocenters. The molecule has 1 aromatic carbocycles. The highest BCUT2D eigenvalue weighted by Gasteiger charge is 2.34. The highest BCUT2D eigenvalue weighted by atomic mass is 32.2. The first-order valence-electron chi connectivity index (χ1n) is 9.79. The van der Waals surface area contributed by atoms with Gasteiger partial charge in [-0.15, -0.1) is 10.2 Å². The minimum atomic E-state index is -4.00. The molecule has 4 rings (SSSR count). The third-order valence-electron chi connectivity index (χ3n) is 4.99. The van der Waals surface area contributed by atoms with E-state index in [-0.39, 0.29) is 37.0 Å². The van der Waals surface area contributed by atoms with Crippen molar-refractivity contribution < 1.29 is 25.8 Å². The summed E-state index contributed by atoms with van der Waals surface area (Å²) >= 11 is 0. The van der Waals surface area contributed by atoms with Crippen molar-refractivity contribution >= 4 is 25.6 Å². The molecule has 0 radical (unpaired) electrons. The van der Waals surface area contributed by atoms with Gasteiger partial charge in [0.05, 0.1) is 23.5 Å². The van der Waals surface area contributed by atoms with Crippen LogP contribution in [0.25, 0.3) is 11.5 Å². The normalized spacial score (nSPS) is 16.7. The molecule has 3 heterocycles. The monoisotopic (exact) mass is 498 g/mol. The van der Waals surface area contributed by atoms with Gasteiger partial charge in [-0.05, 0) is 24.3 Å². The molecule has 1 fully saturated rings. The van der Waals surface area contributed by atoms with Crippen LogP contribution in [0.15, 0.2) is 53.1 Å². The molecule has 2 aromatic heterocycles. The number of anilines is 1. The Morgan fingerprint density at radius 1 is 1.12 bits per heavy atom. The van der Waals surface area contributed by atoms with Gasteiger partial charge in [-0.1, -0.05) is 18.2 Å². The maximum absolute atomic E-state index is 13.4. The number of aromatic nitrogens is 3. The lowest BCUT2D eigenvalue weighted by molar-refractivity contribution is 0.116. The van der Waals surface area contributed by atoms with Crippen molar-refractivity contribution in [3.63, 3.8) is 0 Å². The largest absolute Gasteiger partial charge is 0.415 e. The Kier molecular flexibility index (Phi) is 6.41. The number of nitrogens with one attached hydrogen (secondary N) is 1. The third-order valence-corrected chi connectivity index (χ3v) is 8.59. The van der Waals surface area contributed by atoms with Crippen LogP contribution in [0.5, 0.6) is 0 Å². The molecule has 1 aliphatic heterocycles. The van der Waals surface area contributed by atoms with Crippen LogP contribution in [-0.4, -0.2) is 56.7 Å². The van der Waals surface area contributed by atoms with E-state index in [2.05, 4.69) is 15.2 Å². The van der Waals surface area contributed by atoms with Crippen LogP contribution in [-0.2, 0) is 26.5 Å². The van der Waals surface area contributed by atoms with E-state index in [1.165, 1.54) is 20.9 Å². The number of benzene rings is 1. The molecule has 1 aliphatic rings. The summed E-state index contributed by atoms with van der Waals surface area (Å²) in [5, 5.41) is 6.84. The number of para-hydroxylation sites is 1.